The van der Waals surface area contributed by atoms with Crippen molar-refractivity contribution in [2.75, 3.05) is 5.88 Å². The fourth-order valence-electron chi connectivity index (χ4n) is 2.79. The Bertz CT molecular complexity index is 853. The van der Waals surface area contributed by atoms with Crippen molar-refractivity contribution in [1.29, 1.82) is 0 Å². The van der Waals surface area contributed by atoms with E-state index in [0.717, 1.165) is 29.9 Å². The maximum absolute atomic E-state index is 11.6. The number of hydrogen-bond acceptors (Lipinski definition) is 2. The number of fused-ring (bicyclic) bond motifs is 1. The number of nitrogens with zero attached hydrogens (tertiary/aromatic N) is 2. The maximum atomic E-state index is 11.6. The second-order valence-corrected chi connectivity index (χ2v) is 5.74. The van der Waals surface area contributed by atoms with Crippen molar-refractivity contribution < 1.29 is 4.79 Å². The zero-order chi connectivity index (χ0) is 16.4. The van der Waals surface area contributed by atoms with E-state index in [2.05, 4.69) is 33.8 Å². The van der Waals surface area contributed by atoms with Gasteiger partial charge in [0.1, 0.15) is 11.3 Å². The largest absolute Gasteiger partial charge is 0.366 e. The van der Waals surface area contributed by atoms with Crippen LogP contribution < -0.4 is 5.73 Å². The van der Waals surface area contributed by atoms with Gasteiger partial charge >= 0.3 is 0 Å². The molecule has 1 aromatic heterocycles. The molecule has 0 saturated heterocycles. The smallest absolute Gasteiger partial charge is 0.250 e. The molecule has 0 unspecified atom stereocenters. The van der Waals surface area contributed by atoms with Gasteiger partial charge in [-0.2, -0.15) is 0 Å². The molecule has 0 aliphatic heterocycles. The summed E-state index contributed by atoms with van der Waals surface area (Å²) in [5.74, 6) is 1.05. The molecule has 0 aliphatic rings. The minimum Gasteiger partial charge on any atom is -0.366 e. The molecule has 5 heteroatoms. The summed E-state index contributed by atoms with van der Waals surface area (Å²) in [4.78, 5) is 16.3. The Morgan fingerprint density at radius 2 is 1.96 bits per heavy atom. The van der Waals surface area contributed by atoms with Crippen molar-refractivity contribution in [3.8, 4) is 5.69 Å². The van der Waals surface area contributed by atoms with Crippen molar-refractivity contribution in [3.63, 3.8) is 0 Å². The van der Waals surface area contributed by atoms with Gasteiger partial charge in [0.25, 0.3) is 5.91 Å². The summed E-state index contributed by atoms with van der Waals surface area (Å²) in [6, 6.07) is 13.8. The number of halogens is 1. The SMILES string of the molecule is CCc1nc2c(C(N)=O)cccc2n1-c1ccc(CCCl)cc1. The number of hydrogen-bond donors (Lipinski definition) is 1. The number of para-hydroxylation sites is 1. The number of amides is 1. The first-order chi connectivity index (χ1) is 11.2. The fourth-order valence-corrected chi connectivity index (χ4v) is 3.01. The van der Waals surface area contributed by atoms with Gasteiger partial charge in [-0.25, -0.2) is 4.98 Å². The zero-order valence-electron chi connectivity index (χ0n) is 12.9. The van der Waals surface area contributed by atoms with Gasteiger partial charge in [-0.05, 0) is 36.2 Å². The van der Waals surface area contributed by atoms with Crippen LogP contribution >= 0.6 is 11.6 Å². The van der Waals surface area contributed by atoms with Crippen molar-refractivity contribution >= 4 is 28.5 Å². The van der Waals surface area contributed by atoms with Gasteiger partial charge in [0, 0.05) is 18.0 Å². The van der Waals surface area contributed by atoms with Gasteiger partial charge in [-0.3, -0.25) is 9.36 Å². The molecule has 0 saturated carbocycles. The maximum Gasteiger partial charge on any atom is 0.250 e. The summed E-state index contributed by atoms with van der Waals surface area (Å²) in [5, 5.41) is 0. The van der Waals surface area contributed by atoms with Crippen LogP contribution in [-0.2, 0) is 12.8 Å². The van der Waals surface area contributed by atoms with Crippen LogP contribution in [0.5, 0.6) is 0 Å². The number of carbonyl (C=O) groups is 1. The highest BCUT2D eigenvalue weighted by atomic mass is 35.5. The molecule has 2 N–H and O–H groups in total. The van der Waals surface area contributed by atoms with Gasteiger partial charge in [-0.15, -0.1) is 11.6 Å². The lowest BCUT2D eigenvalue weighted by molar-refractivity contribution is 0.100. The number of aryl methyl sites for hydroxylation is 2. The van der Waals surface area contributed by atoms with Crippen LogP contribution in [0.2, 0.25) is 0 Å². The van der Waals surface area contributed by atoms with Crippen LogP contribution in [0.3, 0.4) is 0 Å². The second kappa shape index (κ2) is 6.42. The number of rotatable bonds is 5. The van der Waals surface area contributed by atoms with E-state index >= 15 is 0 Å². The first-order valence-corrected chi connectivity index (χ1v) is 8.14. The second-order valence-electron chi connectivity index (χ2n) is 5.36. The van der Waals surface area contributed by atoms with Gasteiger partial charge in [-0.1, -0.05) is 25.1 Å². The minimum atomic E-state index is -0.458. The van der Waals surface area contributed by atoms with Crippen LogP contribution in [0.15, 0.2) is 42.5 Å². The quantitative estimate of drug-likeness (QED) is 0.729. The molecule has 0 radical (unpaired) electrons. The Kier molecular flexibility index (Phi) is 4.35. The summed E-state index contributed by atoms with van der Waals surface area (Å²) >= 11 is 5.79. The summed E-state index contributed by atoms with van der Waals surface area (Å²) < 4.78 is 2.08. The summed E-state index contributed by atoms with van der Waals surface area (Å²) in [6.45, 7) is 2.05. The van der Waals surface area contributed by atoms with Crippen LogP contribution in [-0.4, -0.2) is 21.3 Å². The molecule has 118 valence electrons. The number of benzene rings is 2. The Morgan fingerprint density at radius 3 is 2.57 bits per heavy atom. The first kappa shape index (κ1) is 15.6. The van der Waals surface area contributed by atoms with Crippen molar-refractivity contribution in [2.45, 2.75) is 19.8 Å². The van der Waals surface area contributed by atoms with E-state index in [4.69, 9.17) is 17.3 Å². The highest BCUT2D eigenvalue weighted by molar-refractivity contribution is 6.18. The number of alkyl halides is 1. The Hall–Kier alpha value is -2.33. The average Bonchev–Trinajstić information content (AvgIpc) is 2.94. The molecule has 0 fully saturated rings. The molecule has 0 atom stereocenters. The fraction of sp³-hybridized carbons (Fsp3) is 0.222. The van der Waals surface area contributed by atoms with Gasteiger partial charge in [0.15, 0.2) is 0 Å². The lowest BCUT2D eigenvalue weighted by atomic mass is 10.1. The molecule has 3 rings (SSSR count). The standard InChI is InChI=1S/C18H18ClN3O/c1-2-16-21-17-14(18(20)23)4-3-5-15(17)22(16)13-8-6-12(7-9-13)10-11-19/h3-9H,2,10-11H2,1H3,(H2,20,23). The third kappa shape index (κ3) is 2.82. The van der Waals surface area contributed by atoms with Crippen molar-refractivity contribution in [1.82, 2.24) is 9.55 Å². The predicted molar refractivity (Wildman–Crippen MR) is 93.4 cm³/mol. The zero-order valence-corrected chi connectivity index (χ0v) is 13.7. The molecule has 1 heterocycles. The third-order valence-corrected chi connectivity index (χ3v) is 4.10. The number of primary amides is 1. The predicted octanol–water partition coefficient (Wildman–Crippen LogP) is 3.47. The Morgan fingerprint density at radius 1 is 1.22 bits per heavy atom. The van der Waals surface area contributed by atoms with Gasteiger partial charge in [0.2, 0.25) is 0 Å². The summed E-state index contributed by atoms with van der Waals surface area (Å²) in [5.41, 5.74) is 9.69. The number of imidazole rings is 1. The average molecular weight is 328 g/mol. The molecule has 2 aromatic carbocycles. The van der Waals surface area contributed by atoms with Gasteiger partial charge < -0.3 is 5.73 Å². The minimum absolute atomic E-state index is 0.453. The third-order valence-electron chi connectivity index (χ3n) is 3.91. The number of aromatic nitrogens is 2. The normalized spacial score (nSPS) is 11.0. The van der Waals surface area contributed by atoms with Crippen LogP contribution in [0.25, 0.3) is 16.7 Å². The molecule has 23 heavy (non-hydrogen) atoms. The van der Waals surface area contributed by atoms with E-state index in [1.807, 2.05) is 19.1 Å². The van der Waals surface area contributed by atoms with E-state index < -0.39 is 5.91 Å². The van der Waals surface area contributed by atoms with E-state index in [9.17, 15) is 4.79 Å². The molecular weight excluding hydrogens is 310 g/mol. The Balaban J connectivity index is 2.19. The van der Waals surface area contributed by atoms with Crippen LogP contribution in [0, 0.1) is 0 Å². The van der Waals surface area contributed by atoms with Gasteiger partial charge in [0.05, 0.1) is 11.1 Å². The molecule has 4 nitrogen and oxygen atoms in total. The monoisotopic (exact) mass is 327 g/mol. The first-order valence-electron chi connectivity index (χ1n) is 7.61. The topological polar surface area (TPSA) is 60.9 Å². The number of carbonyl (C=O) groups excluding carboxylic acids is 1. The van der Waals surface area contributed by atoms with E-state index in [-0.39, 0.29) is 0 Å². The highest BCUT2D eigenvalue weighted by Crippen LogP contribution is 2.25. The molecular formula is C18H18ClN3O. The van der Waals surface area contributed by atoms with E-state index in [1.54, 1.807) is 6.07 Å². The van der Waals surface area contributed by atoms with Crippen LogP contribution in [0.1, 0.15) is 28.7 Å². The molecule has 0 bridgehead atoms. The highest BCUT2D eigenvalue weighted by Gasteiger charge is 2.16. The van der Waals surface area contributed by atoms with Crippen molar-refractivity contribution in [3.05, 3.63) is 59.4 Å². The summed E-state index contributed by atoms with van der Waals surface area (Å²) in [7, 11) is 0. The molecule has 0 aliphatic carbocycles. The van der Waals surface area contributed by atoms with E-state index in [0.29, 0.717) is 17.0 Å². The van der Waals surface area contributed by atoms with Crippen molar-refractivity contribution in [2.24, 2.45) is 5.73 Å². The summed E-state index contributed by atoms with van der Waals surface area (Å²) in [6.07, 6.45) is 1.61. The molecule has 0 spiro atoms. The van der Waals surface area contributed by atoms with E-state index in [1.165, 1.54) is 5.56 Å². The van der Waals surface area contributed by atoms with Crippen LogP contribution in [0.4, 0.5) is 0 Å². The lowest BCUT2D eigenvalue weighted by Gasteiger charge is -2.09. The number of nitrogens with two attached hydrogens (primary N) is 1. The lowest BCUT2D eigenvalue weighted by Crippen LogP contribution is -2.11. The Labute approximate surface area is 139 Å². The molecule has 1 amide bonds. The molecule has 3 aromatic rings.